The molecule has 0 aliphatic heterocycles. The number of ether oxygens (including phenoxy) is 1. The number of nitrogens with two attached hydrogens (primary N) is 1. The Morgan fingerprint density at radius 1 is 1.17 bits per heavy atom. The number of aromatic nitrogens is 2. The van der Waals surface area contributed by atoms with Crippen molar-refractivity contribution in [3.8, 4) is 22.9 Å². The Labute approximate surface area is 169 Å². The molecule has 0 saturated heterocycles. The minimum Gasteiger partial charge on any atom is -0.481 e. The van der Waals surface area contributed by atoms with Gasteiger partial charge in [-0.3, -0.25) is 4.79 Å². The number of carboxylic acid groups (broad SMARTS) is 1. The second-order valence-electron chi connectivity index (χ2n) is 6.26. The summed E-state index contributed by atoms with van der Waals surface area (Å²) in [6.45, 7) is 0. The normalized spacial score (nSPS) is 11.9. The highest BCUT2D eigenvalue weighted by atomic mass is 35.5. The van der Waals surface area contributed by atoms with Gasteiger partial charge in [0, 0.05) is 29.9 Å². The van der Waals surface area contributed by atoms with Gasteiger partial charge < -0.3 is 15.6 Å². The molecule has 3 aromatic rings. The summed E-state index contributed by atoms with van der Waals surface area (Å²) in [6.07, 6.45) is 1.24. The van der Waals surface area contributed by atoms with E-state index in [1.165, 1.54) is 30.5 Å². The number of hydrogen-bond acceptors (Lipinski definition) is 5. The van der Waals surface area contributed by atoms with Gasteiger partial charge in [-0.2, -0.15) is 0 Å². The lowest BCUT2D eigenvalue weighted by atomic mass is 10.1. The van der Waals surface area contributed by atoms with E-state index in [2.05, 4.69) is 9.97 Å². The zero-order valence-electron chi connectivity index (χ0n) is 15.0. The van der Waals surface area contributed by atoms with Crippen molar-refractivity contribution in [1.29, 1.82) is 0 Å². The molecule has 1 atom stereocenters. The standard InChI is InChI=1S/C20H16ClF2N3O3/c21-12-7-17(23)20(25-10-12)29-15-4-1-11(2-5-15)19-16(22)6-3-14(26-19)8-13(24)9-18(27)28/h1-7,10,13H,8-9,24H2,(H,27,28). The molecule has 0 spiro atoms. The molecule has 0 saturated carbocycles. The summed E-state index contributed by atoms with van der Waals surface area (Å²) in [5.41, 5.74) is 6.80. The summed E-state index contributed by atoms with van der Waals surface area (Å²) in [6, 6.07) is 9.35. The van der Waals surface area contributed by atoms with Crippen LogP contribution in [-0.2, 0) is 11.2 Å². The van der Waals surface area contributed by atoms with Crippen molar-refractivity contribution in [3.05, 3.63) is 71.0 Å². The molecule has 29 heavy (non-hydrogen) atoms. The summed E-state index contributed by atoms with van der Waals surface area (Å²) in [4.78, 5) is 18.8. The summed E-state index contributed by atoms with van der Waals surface area (Å²) in [7, 11) is 0. The molecule has 1 unspecified atom stereocenters. The Morgan fingerprint density at radius 2 is 1.90 bits per heavy atom. The molecular weight excluding hydrogens is 404 g/mol. The summed E-state index contributed by atoms with van der Waals surface area (Å²) in [5.74, 6) is -2.20. The number of nitrogens with zero attached hydrogens (tertiary/aromatic N) is 2. The van der Waals surface area contributed by atoms with E-state index in [9.17, 15) is 13.6 Å². The molecule has 2 heterocycles. The molecule has 3 N–H and O–H groups in total. The van der Waals surface area contributed by atoms with Gasteiger partial charge in [0.15, 0.2) is 5.82 Å². The molecule has 0 aliphatic carbocycles. The Balaban J connectivity index is 1.78. The van der Waals surface area contributed by atoms with E-state index in [1.54, 1.807) is 12.1 Å². The van der Waals surface area contributed by atoms with Gasteiger partial charge in [0.25, 0.3) is 5.88 Å². The Kier molecular flexibility index (Phi) is 6.36. The molecule has 0 fully saturated rings. The quantitative estimate of drug-likeness (QED) is 0.595. The molecule has 0 bridgehead atoms. The lowest BCUT2D eigenvalue weighted by Crippen LogP contribution is -2.26. The first-order valence-corrected chi connectivity index (χ1v) is 8.91. The maximum Gasteiger partial charge on any atom is 0.304 e. The molecule has 2 aromatic heterocycles. The highest BCUT2D eigenvalue weighted by Crippen LogP contribution is 2.27. The van der Waals surface area contributed by atoms with Crippen molar-refractivity contribution in [2.75, 3.05) is 0 Å². The van der Waals surface area contributed by atoms with E-state index in [1.807, 2.05) is 0 Å². The lowest BCUT2D eigenvalue weighted by molar-refractivity contribution is -0.137. The van der Waals surface area contributed by atoms with Gasteiger partial charge in [0.05, 0.1) is 11.4 Å². The Bertz CT molecular complexity index is 1030. The minimum atomic E-state index is -1.01. The van der Waals surface area contributed by atoms with Crippen LogP contribution in [0.25, 0.3) is 11.3 Å². The van der Waals surface area contributed by atoms with Crippen LogP contribution in [0.4, 0.5) is 8.78 Å². The van der Waals surface area contributed by atoms with Crippen LogP contribution in [0, 0.1) is 11.6 Å². The molecule has 6 nitrogen and oxygen atoms in total. The number of halogens is 3. The molecular formula is C20H16ClF2N3O3. The number of hydrogen-bond donors (Lipinski definition) is 2. The lowest BCUT2D eigenvalue weighted by Gasteiger charge is -2.11. The van der Waals surface area contributed by atoms with Crippen molar-refractivity contribution < 1.29 is 23.4 Å². The summed E-state index contributed by atoms with van der Waals surface area (Å²) in [5, 5.41) is 8.94. The van der Waals surface area contributed by atoms with Crippen LogP contribution in [0.2, 0.25) is 5.02 Å². The van der Waals surface area contributed by atoms with Crippen molar-refractivity contribution in [2.45, 2.75) is 18.9 Å². The van der Waals surface area contributed by atoms with E-state index in [0.717, 1.165) is 6.07 Å². The molecule has 0 amide bonds. The molecule has 3 rings (SSSR count). The average Bonchev–Trinajstić information content (AvgIpc) is 2.65. The van der Waals surface area contributed by atoms with Gasteiger partial charge in [-0.05, 0) is 42.5 Å². The van der Waals surface area contributed by atoms with Gasteiger partial charge in [-0.1, -0.05) is 11.6 Å². The fourth-order valence-electron chi connectivity index (χ4n) is 2.63. The second kappa shape index (κ2) is 8.93. The first-order chi connectivity index (χ1) is 13.8. The monoisotopic (exact) mass is 419 g/mol. The van der Waals surface area contributed by atoms with Crippen molar-refractivity contribution >= 4 is 17.6 Å². The van der Waals surface area contributed by atoms with Gasteiger partial charge in [-0.25, -0.2) is 18.7 Å². The highest BCUT2D eigenvalue weighted by Gasteiger charge is 2.14. The fraction of sp³-hybridized carbons (Fsp3) is 0.150. The fourth-order valence-corrected chi connectivity index (χ4v) is 2.78. The third-order valence-corrected chi connectivity index (χ3v) is 4.13. The second-order valence-corrected chi connectivity index (χ2v) is 6.70. The topological polar surface area (TPSA) is 98.3 Å². The van der Waals surface area contributed by atoms with Gasteiger partial charge >= 0.3 is 5.97 Å². The third-order valence-electron chi connectivity index (χ3n) is 3.93. The molecule has 9 heteroatoms. The average molecular weight is 420 g/mol. The Morgan fingerprint density at radius 3 is 2.55 bits per heavy atom. The van der Waals surface area contributed by atoms with Crippen LogP contribution in [0.15, 0.2) is 48.7 Å². The zero-order valence-corrected chi connectivity index (χ0v) is 15.7. The van der Waals surface area contributed by atoms with Crippen molar-refractivity contribution in [2.24, 2.45) is 5.73 Å². The van der Waals surface area contributed by atoms with Gasteiger partial charge in [0.2, 0.25) is 0 Å². The van der Waals surface area contributed by atoms with Crippen molar-refractivity contribution in [3.63, 3.8) is 0 Å². The smallest absolute Gasteiger partial charge is 0.304 e. The summed E-state index contributed by atoms with van der Waals surface area (Å²) >= 11 is 5.65. The van der Waals surface area contributed by atoms with E-state index < -0.39 is 23.6 Å². The SMILES string of the molecule is NC(CC(=O)O)Cc1ccc(F)c(-c2ccc(Oc3ncc(Cl)cc3F)cc2)n1. The predicted octanol–water partition coefficient (Wildman–Crippen LogP) is 4.21. The van der Waals surface area contributed by atoms with Crippen LogP contribution >= 0.6 is 11.6 Å². The number of aliphatic carboxylic acids is 1. The number of rotatable bonds is 7. The van der Waals surface area contributed by atoms with Gasteiger partial charge in [0.1, 0.15) is 17.3 Å². The Hall–Kier alpha value is -3.10. The first kappa shape index (κ1) is 20.6. The van der Waals surface area contributed by atoms with Crippen LogP contribution in [-0.4, -0.2) is 27.1 Å². The number of benzene rings is 1. The van der Waals surface area contributed by atoms with E-state index in [0.29, 0.717) is 17.0 Å². The molecule has 0 radical (unpaired) electrons. The van der Waals surface area contributed by atoms with E-state index in [-0.39, 0.29) is 29.4 Å². The van der Waals surface area contributed by atoms with Crippen LogP contribution in [0.3, 0.4) is 0 Å². The largest absolute Gasteiger partial charge is 0.481 e. The molecule has 0 aliphatic rings. The minimum absolute atomic E-state index is 0.0902. The van der Waals surface area contributed by atoms with Crippen LogP contribution < -0.4 is 10.5 Å². The summed E-state index contributed by atoms with van der Waals surface area (Å²) < 4.78 is 33.4. The maximum atomic E-state index is 14.2. The maximum absolute atomic E-state index is 14.2. The first-order valence-electron chi connectivity index (χ1n) is 8.54. The third kappa shape index (κ3) is 5.46. The number of carboxylic acids is 1. The van der Waals surface area contributed by atoms with E-state index >= 15 is 0 Å². The predicted molar refractivity (Wildman–Crippen MR) is 103 cm³/mol. The highest BCUT2D eigenvalue weighted by molar-refractivity contribution is 6.30. The number of pyridine rings is 2. The van der Waals surface area contributed by atoms with Crippen LogP contribution in [0.1, 0.15) is 12.1 Å². The number of carbonyl (C=O) groups is 1. The van der Waals surface area contributed by atoms with Gasteiger partial charge in [-0.15, -0.1) is 0 Å². The zero-order chi connectivity index (χ0) is 21.0. The van der Waals surface area contributed by atoms with Crippen molar-refractivity contribution in [1.82, 2.24) is 9.97 Å². The molecule has 150 valence electrons. The van der Waals surface area contributed by atoms with E-state index in [4.69, 9.17) is 27.2 Å². The molecule has 1 aromatic carbocycles. The van der Waals surface area contributed by atoms with Crippen LogP contribution in [0.5, 0.6) is 11.6 Å².